The largest absolute Gasteiger partial charge is 0.455 e. The highest BCUT2D eigenvalue weighted by Crippen LogP contribution is 2.31. The predicted octanol–water partition coefficient (Wildman–Crippen LogP) is 4.65. The molecule has 21 heteroatoms. The zero-order valence-electron chi connectivity index (χ0n) is 34.7. The van der Waals surface area contributed by atoms with Crippen LogP contribution in [0.5, 0.6) is 0 Å². The Kier molecular flexibility index (Phi) is 12.3. The molecule has 19 nitrogen and oxygen atoms in total. The standard InChI is InChI=1S/C40H45ClN10O9S/c1-39(2,3)59-37(55)33-21-25-20-28(14-16-29(25)51(33)38(56)60-40(4,5)6)43-34(52)32(19-24-9-12-27(13-10-24)44-61(57,58)47(7)8)49-18-17-48(35(53)36(49)54)31-22-26(41)11-15-30(31)50-23-42-45-46-50/h9-16,20-23,32,44H,17-19H2,1-8H3,(H,43,52)/t32-/m0/s1. The molecule has 3 aromatic carbocycles. The van der Waals surface area contributed by atoms with Crippen molar-refractivity contribution in [2.45, 2.75) is 65.2 Å². The first-order valence-electron chi connectivity index (χ1n) is 18.9. The fourth-order valence-electron chi connectivity index (χ4n) is 6.37. The molecule has 0 unspecified atom stereocenters. The van der Waals surface area contributed by atoms with Gasteiger partial charge in [-0.2, -0.15) is 17.4 Å². The fraction of sp³-hybridized carbons (Fsp3) is 0.350. The van der Waals surface area contributed by atoms with E-state index < -0.39 is 57.2 Å². The van der Waals surface area contributed by atoms with E-state index in [1.165, 1.54) is 71.3 Å². The van der Waals surface area contributed by atoms with Crippen LogP contribution in [0.15, 0.2) is 73.1 Å². The summed E-state index contributed by atoms with van der Waals surface area (Å²) in [4.78, 5) is 71.7. The summed E-state index contributed by atoms with van der Waals surface area (Å²) in [5.41, 5.74) is 0.134. The molecule has 322 valence electrons. The lowest BCUT2D eigenvalue weighted by Gasteiger charge is -2.38. The van der Waals surface area contributed by atoms with Gasteiger partial charge < -0.3 is 24.6 Å². The molecule has 2 N–H and O–H groups in total. The first kappa shape index (κ1) is 44.2. The maximum atomic E-state index is 14.4. The number of nitrogens with zero attached hydrogens (tertiary/aromatic N) is 8. The van der Waals surface area contributed by atoms with E-state index >= 15 is 0 Å². The van der Waals surface area contributed by atoms with Crippen LogP contribution in [0.2, 0.25) is 5.02 Å². The van der Waals surface area contributed by atoms with E-state index in [4.69, 9.17) is 21.1 Å². The van der Waals surface area contributed by atoms with Gasteiger partial charge in [-0.1, -0.05) is 23.7 Å². The summed E-state index contributed by atoms with van der Waals surface area (Å²) in [5.74, 6) is -3.35. The Morgan fingerprint density at radius 3 is 2.15 bits per heavy atom. The molecule has 0 spiro atoms. The first-order chi connectivity index (χ1) is 28.5. The third-order valence-corrected chi connectivity index (χ3v) is 10.8. The summed E-state index contributed by atoms with van der Waals surface area (Å²) >= 11 is 6.32. The summed E-state index contributed by atoms with van der Waals surface area (Å²) in [6.45, 7) is 10.0. The van der Waals surface area contributed by atoms with Gasteiger partial charge in [-0.05, 0) is 112 Å². The van der Waals surface area contributed by atoms with Gasteiger partial charge >= 0.3 is 34.1 Å². The number of rotatable bonds is 11. The van der Waals surface area contributed by atoms with Gasteiger partial charge in [0.15, 0.2) is 0 Å². The van der Waals surface area contributed by atoms with Crippen LogP contribution in [0.3, 0.4) is 0 Å². The Bertz CT molecular complexity index is 2620. The molecule has 3 heterocycles. The number of carbonyl (C=O) groups is 5. The Morgan fingerprint density at radius 1 is 0.852 bits per heavy atom. The Morgan fingerprint density at radius 2 is 1.52 bits per heavy atom. The van der Waals surface area contributed by atoms with E-state index in [0.717, 1.165) is 8.87 Å². The maximum absolute atomic E-state index is 14.4. The molecule has 6 rings (SSSR count). The summed E-state index contributed by atoms with van der Waals surface area (Å²) in [6, 6.07) is 15.7. The molecule has 1 fully saturated rings. The van der Waals surface area contributed by atoms with Gasteiger partial charge in [0.05, 0.1) is 16.9 Å². The summed E-state index contributed by atoms with van der Waals surface area (Å²) in [5, 5.41) is 14.8. The van der Waals surface area contributed by atoms with Gasteiger partial charge in [0.25, 0.3) is 0 Å². The highest BCUT2D eigenvalue weighted by Gasteiger charge is 2.41. The van der Waals surface area contributed by atoms with Crippen LogP contribution < -0.4 is 14.9 Å². The first-order valence-corrected chi connectivity index (χ1v) is 20.7. The lowest BCUT2D eigenvalue weighted by atomic mass is 10.0. The topological polar surface area (TPSA) is 220 Å². The number of anilines is 3. The smallest absolute Gasteiger partial charge is 0.419 e. The molecule has 1 aliphatic heterocycles. The minimum Gasteiger partial charge on any atom is -0.455 e. The van der Waals surface area contributed by atoms with Crippen molar-refractivity contribution in [1.82, 2.24) is 34.0 Å². The van der Waals surface area contributed by atoms with Crippen LogP contribution in [0.25, 0.3) is 16.6 Å². The van der Waals surface area contributed by atoms with Gasteiger partial charge in [0.2, 0.25) is 5.91 Å². The Hall–Kier alpha value is -6.38. The molecule has 1 aliphatic rings. The van der Waals surface area contributed by atoms with Crippen molar-refractivity contribution in [2.24, 2.45) is 0 Å². The van der Waals surface area contributed by atoms with E-state index in [-0.39, 0.29) is 42.3 Å². The SMILES string of the molecule is CN(C)S(=O)(=O)Nc1ccc(C[C@@H](C(=O)Nc2ccc3c(c2)cc(C(=O)OC(C)(C)C)n3C(=O)OC(C)(C)C)N2CCN(c3cc(Cl)ccc3-n3cnnn3)C(=O)C2=O)cc1. The second kappa shape index (κ2) is 16.9. The average Bonchev–Trinajstić information content (AvgIpc) is 3.83. The van der Waals surface area contributed by atoms with Crippen molar-refractivity contribution in [3.63, 3.8) is 0 Å². The Labute approximate surface area is 356 Å². The highest BCUT2D eigenvalue weighted by atomic mass is 35.5. The zero-order valence-corrected chi connectivity index (χ0v) is 36.2. The second-order valence-electron chi connectivity index (χ2n) is 16.3. The van der Waals surface area contributed by atoms with Gasteiger partial charge in [0, 0.05) is 55.4 Å². The number of piperazine rings is 1. The van der Waals surface area contributed by atoms with Crippen molar-refractivity contribution in [2.75, 3.05) is 42.1 Å². The van der Waals surface area contributed by atoms with Crippen LogP contribution in [-0.4, -0.2) is 117 Å². The number of hydrogen-bond acceptors (Lipinski definition) is 12. The number of nitrogens with one attached hydrogen (secondary N) is 2. The molecular weight excluding hydrogens is 832 g/mol. The molecule has 5 aromatic rings. The number of hydrogen-bond donors (Lipinski definition) is 2. The number of amides is 3. The summed E-state index contributed by atoms with van der Waals surface area (Å²) in [6.07, 6.45) is 0.429. The van der Waals surface area contributed by atoms with E-state index in [9.17, 15) is 32.4 Å². The average molecular weight is 877 g/mol. The molecule has 2 aromatic heterocycles. The lowest BCUT2D eigenvalue weighted by Crippen LogP contribution is -2.60. The van der Waals surface area contributed by atoms with Gasteiger partial charge in [-0.3, -0.25) is 19.1 Å². The number of tetrazole rings is 1. The normalized spacial score (nSPS) is 14.3. The molecule has 0 radical (unpaired) electrons. The third kappa shape index (κ3) is 10.2. The number of benzene rings is 3. The molecule has 1 saturated heterocycles. The van der Waals surface area contributed by atoms with Crippen molar-refractivity contribution >= 4 is 79.6 Å². The van der Waals surface area contributed by atoms with Gasteiger partial charge in [-0.15, -0.1) is 5.10 Å². The molecule has 0 bridgehead atoms. The van der Waals surface area contributed by atoms with Crippen molar-refractivity contribution < 1.29 is 41.9 Å². The summed E-state index contributed by atoms with van der Waals surface area (Å²) < 4.78 is 42.0. The molecular formula is C40H45ClN10O9S. The highest BCUT2D eigenvalue weighted by molar-refractivity contribution is 7.90. The fourth-order valence-corrected chi connectivity index (χ4v) is 7.16. The Balaban J connectivity index is 1.33. The molecule has 61 heavy (non-hydrogen) atoms. The minimum atomic E-state index is -3.81. The minimum absolute atomic E-state index is 0.0351. The predicted molar refractivity (Wildman–Crippen MR) is 226 cm³/mol. The number of esters is 1. The van der Waals surface area contributed by atoms with Gasteiger partial charge in [0.1, 0.15) is 29.3 Å². The number of aromatic nitrogens is 5. The van der Waals surface area contributed by atoms with Crippen LogP contribution in [0, 0.1) is 0 Å². The monoisotopic (exact) mass is 876 g/mol. The third-order valence-electron chi connectivity index (χ3n) is 9.12. The van der Waals surface area contributed by atoms with E-state index in [1.54, 1.807) is 71.9 Å². The number of carbonyl (C=O) groups excluding carboxylic acids is 5. The van der Waals surface area contributed by atoms with Gasteiger partial charge in [-0.25, -0.2) is 14.2 Å². The van der Waals surface area contributed by atoms with Crippen LogP contribution in [0.1, 0.15) is 57.6 Å². The van der Waals surface area contributed by atoms with Crippen molar-refractivity contribution in [3.05, 3.63) is 89.3 Å². The number of halogens is 1. The van der Waals surface area contributed by atoms with E-state index in [0.29, 0.717) is 27.2 Å². The van der Waals surface area contributed by atoms with Crippen LogP contribution >= 0.6 is 11.6 Å². The molecule has 1 atom stereocenters. The zero-order chi connectivity index (χ0) is 44.6. The molecule has 3 amide bonds. The number of ether oxygens (including phenoxy) is 2. The maximum Gasteiger partial charge on any atom is 0.419 e. The van der Waals surface area contributed by atoms with Crippen LogP contribution in [0.4, 0.5) is 21.9 Å². The number of fused-ring (bicyclic) bond motifs is 1. The molecule has 0 aliphatic carbocycles. The quantitative estimate of drug-likeness (QED) is 0.137. The van der Waals surface area contributed by atoms with E-state index in [2.05, 4.69) is 25.6 Å². The summed E-state index contributed by atoms with van der Waals surface area (Å²) in [7, 11) is -1.05. The van der Waals surface area contributed by atoms with E-state index in [1.807, 2.05) is 0 Å². The van der Waals surface area contributed by atoms with Crippen molar-refractivity contribution in [1.29, 1.82) is 0 Å². The lowest BCUT2D eigenvalue weighted by molar-refractivity contribution is -0.149. The second-order valence-corrected chi connectivity index (χ2v) is 18.6. The molecule has 0 saturated carbocycles. The van der Waals surface area contributed by atoms with Crippen molar-refractivity contribution in [3.8, 4) is 5.69 Å². The van der Waals surface area contributed by atoms with Crippen LogP contribution in [-0.2, 0) is 40.5 Å².